The topological polar surface area (TPSA) is 0 Å². The van der Waals surface area contributed by atoms with E-state index in [1.807, 2.05) is 0 Å². The smallest absolute Gasteiger partial charge is 0.0622 e. The summed E-state index contributed by atoms with van der Waals surface area (Å²) in [7, 11) is -0.446. The Bertz CT molecular complexity index is 729. The zero-order valence-electron chi connectivity index (χ0n) is 14.6. The van der Waals surface area contributed by atoms with Crippen molar-refractivity contribution in [2.75, 3.05) is 0 Å². The summed E-state index contributed by atoms with van der Waals surface area (Å²) in [5.41, 5.74) is 0. The maximum absolute atomic E-state index is 11.2. The Hall–Kier alpha value is -0.772. The van der Waals surface area contributed by atoms with E-state index in [0.717, 1.165) is 0 Å². The molecule has 3 rings (SSSR count). The van der Waals surface area contributed by atoms with E-state index in [0.29, 0.717) is 0 Å². The third-order valence-electron chi connectivity index (χ3n) is 3.04. The molecule has 0 unspecified atom stereocenters. The van der Waals surface area contributed by atoms with E-state index in [9.17, 15) is 16.9 Å². The van der Waals surface area contributed by atoms with Gasteiger partial charge >= 0.3 is 37.8 Å². The van der Waals surface area contributed by atoms with E-state index in [4.69, 9.17) is 0 Å². The molecule has 0 atom stereocenters. The number of halogens is 6. The molecule has 0 bridgehead atoms. The molecule has 3 aromatic rings. The average molecular weight is 696 g/mol. The molecule has 3 aromatic carbocycles. The van der Waals surface area contributed by atoms with Crippen LogP contribution in [0.15, 0.2) is 91.0 Å². The van der Waals surface area contributed by atoms with E-state index in [2.05, 4.69) is 91.0 Å². The van der Waals surface area contributed by atoms with Crippen LogP contribution in [-0.4, -0.2) is 19.5 Å². The second-order valence-electron chi connectivity index (χ2n) is 5.30. The van der Waals surface area contributed by atoms with Crippen LogP contribution in [0, 0.1) is 0 Å². The van der Waals surface area contributed by atoms with Gasteiger partial charge in [0.2, 0.25) is 0 Å². The summed E-state index contributed by atoms with van der Waals surface area (Å²) < 4.78 is 59.6. The summed E-state index contributed by atoms with van der Waals surface area (Å²) in [6.45, 7) is 0. The molecular weight excluding hydrogens is 680 g/mol. The zero-order valence-corrected chi connectivity index (χ0v) is 19.2. The minimum Gasteiger partial charge on any atom is -0.0622 e. The van der Waals surface area contributed by atoms with Crippen LogP contribution < -0.4 is 15.9 Å². The Morgan fingerprint density at radius 1 is 0.481 bits per heavy atom. The molecule has 0 amide bonds. The van der Waals surface area contributed by atoms with Crippen LogP contribution >= 0.6 is 7.92 Å². The molecule has 0 aliphatic heterocycles. The standard InChI is InChI=1S/C18H15P.Au.6FH.Sb/c1-4-10-16(11-5-1)19(17-12-6-2-7-13-17)18-14-8-3-9-15-18;;;;;;;;/h1-15H;;6*1H;/q;;;;;;;;+5/p-5. The third kappa shape index (κ3) is 11.0. The van der Waals surface area contributed by atoms with Crippen LogP contribution in [0.2, 0.25) is 0 Å². The van der Waals surface area contributed by atoms with Gasteiger partial charge in [-0.1, -0.05) is 91.0 Å². The van der Waals surface area contributed by atoms with Crippen molar-refractivity contribution in [2.45, 2.75) is 0 Å². The second kappa shape index (κ2) is 8.71. The maximum Gasteiger partial charge on any atom is 1.00 e. The van der Waals surface area contributed by atoms with Gasteiger partial charge < -0.3 is 0 Å². The van der Waals surface area contributed by atoms with Crippen LogP contribution in [0.25, 0.3) is 0 Å². The van der Waals surface area contributed by atoms with Crippen molar-refractivity contribution < 1.29 is 40.7 Å². The first-order chi connectivity index (χ1) is 11.9. The second-order valence-corrected chi connectivity index (χ2v) is 13.0. The SMILES string of the molecule is [Au].[F][Sb-]([F])([F])([F])([F])[F].[H+].c1ccc(P(c2ccccc2)c2ccccc2)cc1. The molecule has 9 heteroatoms. The number of hydrogen-bond donors (Lipinski definition) is 0. The fourth-order valence-corrected chi connectivity index (χ4v) is 4.48. The van der Waals surface area contributed by atoms with Crippen molar-refractivity contribution in [3.63, 3.8) is 0 Å². The van der Waals surface area contributed by atoms with E-state index in [-0.39, 0.29) is 23.8 Å². The van der Waals surface area contributed by atoms with Gasteiger partial charge in [-0.05, 0) is 23.8 Å². The fraction of sp³-hybridized carbons (Fsp3) is 0. The normalized spacial score (nSPS) is 13.4. The van der Waals surface area contributed by atoms with Crippen molar-refractivity contribution in [3.05, 3.63) is 91.0 Å². The van der Waals surface area contributed by atoms with Gasteiger partial charge in [-0.15, -0.1) is 0 Å². The van der Waals surface area contributed by atoms with Gasteiger partial charge in [0.25, 0.3) is 0 Å². The molecule has 1 radical (unpaired) electrons. The van der Waals surface area contributed by atoms with Crippen LogP contribution in [0.5, 0.6) is 0 Å². The van der Waals surface area contributed by atoms with Crippen molar-refractivity contribution in [2.24, 2.45) is 0 Å². The molecule has 27 heavy (non-hydrogen) atoms. The molecule has 0 aliphatic rings. The van der Waals surface area contributed by atoms with Gasteiger partial charge in [0.15, 0.2) is 0 Å². The minimum absolute atomic E-state index is 0. The monoisotopic (exact) mass is 695 g/mol. The van der Waals surface area contributed by atoms with E-state index < -0.39 is 27.4 Å². The van der Waals surface area contributed by atoms with Crippen molar-refractivity contribution in [3.8, 4) is 0 Å². The van der Waals surface area contributed by atoms with E-state index in [1.165, 1.54) is 15.9 Å². The Morgan fingerprint density at radius 3 is 0.852 bits per heavy atom. The minimum atomic E-state index is -11.2. The van der Waals surface area contributed by atoms with E-state index >= 15 is 0 Å². The van der Waals surface area contributed by atoms with Crippen LogP contribution in [-0.2, 0) is 22.4 Å². The van der Waals surface area contributed by atoms with Crippen molar-refractivity contribution in [1.82, 2.24) is 0 Å². The van der Waals surface area contributed by atoms with Crippen LogP contribution in [0.3, 0.4) is 0 Å². The largest absolute Gasteiger partial charge is 1.00 e. The van der Waals surface area contributed by atoms with Crippen LogP contribution in [0.4, 0.5) is 16.9 Å². The summed E-state index contributed by atoms with van der Waals surface area (Å²) in [5, 5.41) is 4.19. The first kappa shape index (κ1) is 24.3. The quantitative estimate of drug-likeness (QED) is 0.188. The molecule has 0 heterocycles. The summed E-state index contributed by atoms with van der Waals surface area (Å²) in [6.07, 6.45) is 0. The molecule has 0 fully saturated rings. The molecule has 0 nitrogen and oxygen atoms in total. The van der Waals surface area contributed by atoms with Crippen LogP contribution in [0.1, 0.15) is 1.43 Å². The third-order valence-corrected chi connectivity index (χ3v) is 5.49. The predicted molar refractivity (Wildman–Crippen MR) is 98.7 cm³/mol. The average Bonchev–Trinajstić information content (AvgIpc) is 2.55. The van der Waals surface area contributed by atoms with Gasteiger partial charge in [0.1, 0.15) is 0 Å². The summed E-state index contributed by atoms with van der Waals surface area (Å²) in [6, 6.07) is 32.3. The van der Waals surface area contributed by atoms with Gasteiger partial charge in [-0.2, -0.15) is 0 Å². The molecule has 151 valence electrons. The Labute approximate surface area is 174 Å². The summed E-state index contributed by atoms with van der Waals surface area (Å²) in [4.78, 5) is 0. The van der Waals surface area contributed by atoms with Gasteiger partial charge in [-0.3, -0.25) is 0 Å². The Balaban J connectivity index is 0.000000707. The van der Waals surface area contributed by atoms with Gasteiger partial charge in [0, 0.05) is 22.4 Å². The maximum atomic E-state index is 9.93. The predicted octanol–water partition coefficient (Wildman–Crippen LogP) is 5.70. The van der Waals surface area contributed by atoms with Crippen molar-refractivity contribution >= 4 is 43.3 Å². The molecule has 0 aromatic heterocycles. The molecule has 0 saturated heterocycles. The molecular formula is C18H16AuF6PSb. The Kier molecular flexibility index (Phi) is 7.83. The molecule has 0 aliphatic carbocycles. The van der Waals surface area contributed by atoms with E-state index in [1.54, 1.807) is 0 Å². The fourth-order valence-electron chi connectivity index (χ4n) is 2.18. The summed E-state index contributed by atoms with van der Waals surface area (Å²) in [5.74, 6) is 0. The first-order valence-corrected chi connectivity index (χ1v) is 14.5. The number of rotatable bonds is 3. The van der Waals surface area contributed by atoms with Crippen molar-refractivity contribution in [1.29, 1.82) is 0 Å². The van der Waals surface area contributed by atoms with Gasteiger partial charge in [0.05, 0.1) is 0 Å². The first-order valence-electron chi connectivity index (χ1n) is 7.42. The summed E-state index contributed by atoms with van der Waals surface area (Å²) >= 11 is -11.2. The molecule has 0 N–H and O–H groups in total. The Morgan fingerprint density at radius 2 is 0.667 bits per heavy atom. The molecule has 0 saturated carbocycles. The molecule has 0 spiro atoms. The zero-order chi connectivity index (χ0) is 19.3. The van der Waals surface area contributed by atoms with Gasteiger partial charge in [-0.25, -0.2) is 0 Å². The number of benzene rings is 3. The number of hydrogen-bond acceptors (Lipinski definition) is 0.